The van der Waals surface area contributed by atoms with E-state index < -0.39 is 16.1 Å². The zero-order valence-electron chi connectivity index (χ0n) is 19.0. The zero-order chi connectivity index (χ0) is 23.2. The van der Waals surface area contributed by atoms with Gasteiger partial charge < -0.3 is 14.8 Å². The average molecular weight is 449 g/mol. The molecule has 0 aliphatic rings. The highest BCUT2D eigenvalue weighted by Gasteiger charge is 2.32. The van der Waals surface area contributed by atoms with Crippen molar-refractivity contribution >= 4 is 21.6 Å². The van der Waals surface area contributed by atoms with E-state index in [9.17, 15) is 13.2 Å². The Morgan fingerprint density at radius 2 is 1.68 bits per heavy atom. The molecule has 31 heavy (non-hydrogen) atoms. The van der Waals surface area contributed by atoms with Crippen LogP contribution in [0.3, 0.4) is 0 Å². The first-order valence-electron chi connectivity index (χ1n) is 10.2. The molecule has 0 heterocycles. The summed E-state index contributed by atoms with van der Waals surface area (Å²) >= 11 is 0. The van der Waals surface area contributed by atoms with Crippen molar-refractivity contribution in [1.82, 2.24) is 5.32 Å². The zero-order valence-corrected chi connectivity index (χ0v) is 19.8. The van der Waals surface area contributed by atoms with Gasteiger partial charge in [0, 0.05) is 0 Å². The van der Waals surface area contributed by atoms with E-state index in [4.69, 9.17) is 9.47 Å². The number of nitrogens with zero attached hydrogens (tertiary/aromatic N) is 1. The van der Waals surface area contributed by atoms with Gasteiger partial charge in [-0.3, -0.25) is 9.10 Å². The summed E-state index contributed by atoms with van der Waals surface area (Å²) in [4.78, 5) is 13.0. The van der Waals surface area contributed by atoms with Crippen LogP contribution in [0, 0.1) is 13.8 Å². The van der Waals surface area contributed by atoms with Crippen LogP contribution in [-0.4, -0.2) is 46.4 Å². The number of sulfonamides is 1. The number of hydrogen-bond donors (Lipinski definition) is 1. The standard InChI is InChI=1S/C23H32N2O5S/c1-7-22(25(31(6,27)28)19-9-8-16(2)17(3)14-19)23(26)24-18(4)15-30-21-12-10-20(29-5)11-13-21/h8-14,18,22H,7,15H2,1-6H3,(H,24,26)/t18-,22-/m0/s1. The molecule has 0 aliphatic heterocycles. The molecule has 0 saturated carbocycles. The van der Waals surface area contributed by atoms with Crippen molar-refractivity contribution in [2.75, 3.05) is 24.3 Å². The summed E-state index contributed by atoms with van der Waals surface area (Å²) in [5.41, 5.74) is 2.50. The molecule has 0 saturated heterocycles. The number of carbonyl (C=O) groups excluding carboxylic acids is 1. The highest BCUT2D eigenvalue weighted by molar-refractivity contribution is 7.92. The Labute approximate surface area is 185 Å². The maximum Gasteiger partial charge on any atom is 0.244 e. The number of amides is 1. The van der Waals surface area contributed by atoms with Gasteiger partial charge in [-0.15, -0.1) is 0 Å². The van der Waals surface area contributed by atoms with Crippen LogP contribution in [0.1, 0.15) is 31.4 Å². The van der Waals surface area contributed by atoms with Crippen molar-refractivity contribution in [2.45, 2.75) is 46.2 Å². The van der Waals surface area contributed by atoms with Gasteiger partial charge in [0.2, 0.25) is 15.9 Å². The number of methoxy groups -OCH3 is 1. The smallest absolute Gasteiger partial charge is 0.244 e. The second-order valence-electron chi connectivity index (χ2n) is 7.65. The molecule has 2 rings (SSSR count). The molecule has 0 radical (unpaired) electrons. The number of anilines is 1. The number of carbonyl (C=O) groups is 1. The van der Waals surface area contributed by atoms with E-state index >= 15 is 0 Å². The highest BCUT2D eigenvalue weighted by atomic mass is 32.2. The van der Waals surface area contributed by atoms with Gasteiger partial charge in [-0.05, 0) is 74.7 Å². The predicted octanol–water partition coefficient (Wildman–Crippen LogP) is 3.44. The van der Waals surface area contributed by atoms with Gasteiger partial charge in [0.25, 0.3) is 0 Å². The Morgan fingerprint density at radius 1 is 1.06 bits per heavy atom. The minimum Gasteiger partial charge on any atom is -0.497 e. The van der Waals surface area contributed by atoms with Crippen molar-refractivity contribution in [3.05, 3.63) is 53.6 Å². The molecule has 0 unspecified atom stereocenters. The van der Waals surface area contributed by atoms with Gasteiger partial charge in [-0.2, -0.15) is 0 Å². The normalized spacial score (nSPS) is 13.2. The Bertz CT molecular complexity index is 990. The number of benzene rings is 2. The Balaban J connectivity index is 2.12. The number of nitrogens with one attached hydrogen (secondary N) is 1. The quantitative estimate of drug-likeness (QED) is 0.602. The molecular formula is C23H32N2O5S. The molecule has 0 spiro atoms. The number of hydrogen-bond acceptors (Lipinski definition) is 5. The minimum atomic E-state index is -3.67. The van der Waals surface area contributed by atoms with Crippen LogP contribution < -0.4 is 19.1 Å². The summed E-state index contributed by atoms with van der Waals surface area (Å²) < 4.78 is 37.2. The molecule has 1 N–H and O–H groups in total. The number of aryl methyl sites for hydroxylation is 2. The van der Waals surface area contributed by atoms with Crippen LogP contribution in [0.5, 0.6) is 11.5 Å². The maximum absolute atomic E-state index is 13.0. The van der Waals surface area contributed by atoms with Crippen LogP contribution in [0.2, 0.25) is 0 Å². The van der Waals surface area contributed by atoms with Crippen molar-refractivity contribution in [2.24, 2.45) is 0 Å². The van der Waals surface area contributed by atoms with E-state index in [-0.39, 0.29) is 18.6 Å². The highest BCUT2D eigenvalue weighted by Crippen LogP contribution is 2.25. The largest absolute Gasteiger partial charge is 0.497 e. The van der Waals surface area contributed by atoms with Gasteiger partial charge in [0.05, 0.1) is 25.1 Å². The second-order valence-corrected chi connectivity index (χ2v) is 9.51. The van der Waals surface area contributed by atoms with Crippen molar-refractivity contribution < 1.29 is 22.7 Å². The molecule has 0 aliphatic carbocycles. The molecule has 0 aromatic heterocycles. The van der Waals surface area contributed by atoms with Crippen molar-refractivity contribution in [3.63, 3.8) is 0 Å². The molecular weight excluding hydrogens is 416 g/mol. The number of ether oxygens (including phenoxy) is 2. The first-order valence-corrected chi connectivity index (χ1v) is 12.1. The van der Waals surface area contributed by atoms with Crippen molar-refractivity contribution in [1.29, 1.82) is 0 Å². The van der Waals surface area contributed by atoms with Gasteiger partial charge in [0.15, 0.2) is 0 Å². The first-order chi connectivity index (χ1) is 14.6. The lowest BCUT2D eigenvalue weighted by molar-refractivity contribution is -0.123. The number of rotatable bonds is 10. The van der Waals surface area contributed by atoms with Gasteiger partial charge in [-0.25, -0.2) is 8.42 Å². The lowest BCUT2D eigenvalue weighted by Gasteiger charge is -2.31. The van der Waals surface area contributed by atoms with Crippen LogP contribution in [0.15, 0.2) is 42.5 Å². The lowest BCUT2D eigenvalue weighted by atomic mass is 10.1. The van der Waals surface area contributed by atoms with Gasteiger partial charge >= 0.3 is 0 Å². The fourth-order valence-corrected chi connectivity index (χ4v) is 4.40. The molecule has 2 aromatic rings. The van der Waals surface area contributed by atoms with Crippen LogP contribution >= 0.6 is 0 Å². The fraction of sp³-hybridized carbons (Fsp3) is 0.435. The average Bonchev–Trinajstić information content (AvgIpc) is 2.72. The molecule has 2 aromatic carbocycles. The fourth-order valence-electron chi connectivity index (χ4n) is 3.20. The SMILES string of the molecule is CC[C@@H](C(=O)N[C@@H](C)COc1ccc(OC)cc1)N(c1ccc(C)c(C)c1)S(C)(=O)=O. The first kappa shape index (κ1) is 24.5. The summed E-state index contributed by atoms with van der Waals surface area (Å²) in [6, 6.07) is 11.4. The van der Waals surface area contributed by atoms with Gasteiger partial charge in [-0.1, -0.05) is 13.0 Å². The Morgan fingerprint density at radius 3 is 2.19 bits per heavy atom. The molecule has 0 fully saturated rings. The predicted molar refractivity (Wildman–Crippen MR) is 123 cm³/mol. The molecule has 8 heteroatoms. The van der Waals surface area contributed by atoms with Gasteiger partial charge in [0.1, 0.15) is 24.1 Å². The van der Waals surface area contributed by atoms with Crippen LogP contribution in [0.4, 0.5) is 5.69 Å². The maximum atomic E-state index is 13.0. The van der Waals surface area contributed by atoms with E-state index in [0.717, 1.165) is 23.1 Å². The summed E-state index contributed by atoms with van der Waals surface area (Å²) in [6.07, 6.45) is 1.45. The second kappa shape index (κ2) is 10.5. The summed E-state index contributed by atoms with van der Waals surface area (Å²) in [5.74, 6) is 1.02. The molecule has 1 amide bonds. The summed E-state index contributed by atoms with van der Waals surface area (Å²) in [6.45, 7) is 7.73. The van der Waals surface area contributed by atoms with E-state index in [2.05, 4.69) is 5.32 Å². The third-order valence-electron chi connectivity index (χ3n) is 5.02. The summed E-state index contributed by atoms with van der Waals surface area (Å²) in [5, 5.41) is 2.88. The van der Waals surface area contributed by atoms with E-state index in [1.807, 2.05) is 26.8 Å². The monoisotopic (exact) mass is 448 g/mol. The van der Waals surface area contributed by atoms with E-state index in [1.54, 1.807) is 50.4 Å². The lowest BCUT2D eigenvalue weighted by Crippen LogP contribution is -2.52. The third kappa shape index (κ3) is 6.62. The Kier molecular flexibility index (Phi) is 8.33. The minimum absolute atomic E-state index is 0.247. The molecule has 7 nitrogen and oxygen atoms in total. The molecule has 0 bridgehead atoms. The summed E-state index contributed by atoms with van der Waals surface area (Å²) in [7, 11) is -2.08. The molecule has 170 valence electrons. The Hall–Kier alpha value is -2.74. The van der Waals surface area contributed by atoms with Crippen LogP contribution in [0.25, 0.3) is 0 Å². The van der Waals surface area contributed by atoms with Crippen molar-refractivity contribution in [3.8, 4) is 11.5 Å². The third-order valence-corrected chi connectivity index (χ3v) is 6.20. The van der Waals surface area contributed by atoms with Crippen LogP contribution in [-0.2, 0) is 14.8 Å². The topological polar surface area (TPSA) is 84.9 Å². The molecule has 2 atom stereocenters. The van der Waals surface area contributed by atoms with E-state index in [0.29, 0.717) is 17.9 Å². The van der Waals surface area contributed by atoms with E-state index in [1.165, 1.54) is 4.31 Å².